The molecule has 7 heteroatoms. The number of nitrogens with one attached hydrogen (secondary N) is 3. The third-order valence-corrected chi connectivity index (χ3v) is 3.80. The Balaban J connectivity index is 0.00000288. The summed E-state index contributed by atoms with van der Waals surface area (Å²) in [5.41, 5.74) is 1.17. The highest BCUT2D eigenvalue weighted by atomic mass is 127. The molecule has 0 aromatic heterocycles. The molecule has 1 fully saturated rings. The lowest BCUT2D eigenvalue weighted by Crippen LogP contribution is -2.44. The summed E-state index contributed by atoms with van der Waals surface area (Å²) in [7, 11) is 1.81. The van der Waals surface area contributed by atoms with Gasteiger partial charge in [-0.2, -0.15) is 0 Å². The fourth-order valence-electron chi connectivity index (χ4n) is 2.46. The van der Waals surface area contributed by atoms with Crippen molar-refractivity contribution in [3.63, 3.8) is 0 Å². The van der Waals surface area contributed by atoms with Crippen LogP contribution in [0.4, 0.5) is 5.69 Å². The SMILES string of the molecule is CN=C(NCCCNc1ccccc1)NCCN1CCOCC1.I. The van der Waals surface area contributed by atoms with Gasteiger partial charge in [0.1, 0.15) is 0 Å². The van der Waals surface area contributed by atoms with Gasteiger partial charge >= 0.3 is 0 Å². The molecule has 1 aromatic rings. The molecule has 2 rings (SSSR count). The Kier molecular flexibility index (Phi) is 11.6. The summed E-state index contributed by atoms with van der Waals surface area (Å²) >= 11 is 0. The number of guanidine groups is 1. The van der Waals surface area contributed by atoms with Crippen molar-refractivity contribution < 1.29 is 4.74 Å². The predicted molar refractivity (Wildman–Crippen MR) is 112 cm³/mol. The number of benzene rings is 1. The van der Waals surface area contributed by atoms with E-state index in [4.69, 9.17) is 4.74 Å². The molecule has 0 bridgehead atoms. The lowest BCUT2D eigenvalue weighted by molar-refractivity contribution is 0.0389. The van der Waals surface area contributed by atoms with Crippen LogP contribution in [0.3, 0.4) is 0 Å². The first-order valence-electron chi connectivity index (χ1n) is 8.42. The molecule has 0 spiro atoms. The van der Waals surface area contributed by atoms with Crippen LogP contribution < -0.4 is 16.0 Å². The van der Waals surface area contributed by atoms with Crippen LogP contribution in [0.15, 0.2) is 35.3 Å². The Bertz CT molecular complexity index is 452. The first-order valence-corrected chi connectivity index (χ1v) is 8.42. The monoisotopic (exact) mass is 447 g/mol. The van der Waals surface area contributed by atoms with E-state index in [2.05, 4.69) is 38.0 Å². The minimum absolute atomic E-state index is 0. The normalized spacial score (nSPS) is 15.5. The maximum atomic E-state index is 5.35. The highest BCUT2D eigenvalue weighted by Crippen LogP contribution is 2.04. The molecule has 1 aromatic carbocycles. The Morgan fingerprint density at radius 3 is 2.50 bits per heavy atom. The van der Waals surface area contributed by atoms with Gasteiger partial charge in [0.25, 0.3) is 0 Å². The van der Waals surface area contributed by atoms with E-state index in [1.54, 1.807) is 0 Å². The van der Waals surface area contributed by atoms with Crippen LogP contribution in [0.1, 0.15) is 6.42 Å². The van der Waals surface area contributed by atoms with Crippen LogP contribution in [0, 0.1) is 0 Å². The number of rotatable bonds is 8. The molecule has 0 amide bonds. The lowest BCUT2D eigenvalue weighted by atomic mass is 10.3. The number of nitrogens with zero attached hydrogens (tertiary/aromatic N) is 2. The molecule has 0 radical (unpaired) electrons. The molecule has 6 nitrogen and oxygen atoms in total. The smallest absolute Gasteiger partial charge is 0.191 e. The standard InChI is InChI=1S/C17H29N5O.HI/c1-18-17(21-10-11-22-12-14-23-15-13-22)20-9-5-8-19-16-6-3-2-4-7-16;/h2-4,6-7,19H,5,8-15H2,1H3,(H2,18,20,21);1H. The maximum absolute atomic E-state index is 5.35. The predicted octanol–water partition coefficient (Wildman–Crippen LogP) is 1.60. The van der Waals surface area contributed by atoms with Gasteiger partial charge in [0.15, 0.2) is 5.96 Å². The molecule has 1 aliphatic rings. The average Bonchev–Trinajstić information content (AvgIpc) is 2.61. The summed E-state index contributed by atoms with van der Waals surface area (Å²) in [4.78, 5) is 6.67. The number of hydrogen-bond donors (Lipinski definition) is 3. The molecule has 136 valence electrons. The van der Waals surface area contributed by atoms with Crippen molar-refractivity contribution in [3.8, 4) is 0 Å². The van der Waals surface area contributed by atoms with Crippen LogP contribution in [0.5, 0.6) is 0 Å². The van der Waals surface area contributed by atoms with Crippen LogP contribution in [0.2, 0.25) is 0 Å². The van der Waals surface area contributed by atoms with Crippen molar-refractivity contribution in [1.29, 1.82) is 0 Å². The van der Waals surface area contributed by atoms with Gasteiger partial charge in [-0.3, -0.25) is 9.89 Å². The Morgan fingerprint density at radius 2 is 1.79 bits per heavy atom. The highest BCUT2D eigenvalue weighted by molar-refractivity contribution is 14.0. The van der Waals surface area contributed by atoms with Gasteiger partial charge in [0.2, 0.25) is 0 Å². The number of para-hydroxylation sites is 1. The first kappa shape index (κ1) is 21.0. The Hall–Kier alpha value is -1.06. The molecule has 0 unspecified atom stereocenters. The van der Waals surface area contributed by atoms with Crippen LogP contribution in [-0.2, 0) is 4.74 Å². The van der Waals surface area contributed by atoms with E-state index in [1.165, 1.54) is 5.69 Å². The second-order valence-electron chi connectivity index (χ2n) is 5.53. The van der Waals surface area contributed by atoms with E-state index >= 15 is 0 Å². The van der Waals surface area contributed by atoms with Crippen molar-refractivity contribution in [3.05, 3.63) is 30.3 Å². The van der Waals surface area contributed by atoms with Crippen molar-refractivity contribution in [2.24, 2.45) is 4.99 Å². The first-order chi connectivity index (χ1) is 11.4. The number of halogens is 1. The molecule has 0 saturated carbocycles. The van der Waals surface area contributed by atoms with Crippen LogP contribution >= 0.6 is 24.0 Å². The molecule has 1 aliphatic heterocycles. The molecule has 1 saturated heterocycles. The summed E-state index contributed by atoms with van der Waals surface area (Å²) < 4.78 is 5.35. The second kappa shape index (κ2) is 13.3. The minimum atomic E-state index is 0. The van der Waals surface area contributed by atoms with E-state index in [9.17, 15) is 0 Å². The van der Waals surface area contributed by atoms with Gasteiger partial charge in [0, 0.05) is 52.0 Å². The largest absolute Gasteiger partial charge is 0.385 e. The molecule has 0 aliphatic carbocycles. The van der Waals surface area contributed by atoms with E-state index in [1.807, 2.05) is 25.2 Å². The van der Waals surface area contributed by atoms with E-state index in [0.29, 0.717) is 0 Å². The zero-order valence-electron chi connectivity index (χ0n) is 14.5. The summed E-state index contributed by atoms with van der Waals surface area (Å²) in [6.07, 6.45) is 1.04. The number of hydrogen-bond acceptors (Lipinski definition) is 4. The minimum Gasteiger partial charge on any atom is -0.385 e. The zero-order chi connectivity index (χ0) is 16.2. The van der Waals surface area contributed by atoms with Gasteiger partial charge in [-0.05, 0) is 18.6 Å². The molecule has 24 heavy (non-hydrogen) atoms. The second-order valence-corrected chi connectivity index (χ2v) is 5.53. The Morgan fingerprint density at radius 1 is 1.08 bits per heavy atom. The molecule has 3 N–H and O–H groups in total. The number of morpholine rings is 1. The fraction of sp³-hybridized carbons (Fsp3) is 0.588. The highest BCUT2D eigenvalue weighted by Gasteiger charge is 2.09. The zero-order valence-corrected chi connectivity index (χ0v) is 16.8. The number of ether oxygens (including phenoxy) is 1. The van der Waals surface area contributed by atoms with Gasteiger partial charge in [0.05, 0.1) is 13.2 Å². The van der Waals surface area contributed by atoms with Crippen molar-refractivity contribution in [2.45, 2.75) is 6.42 Å². The summed E-state index contributed by atoms with van der Waals surface area (Å²) in [5.74, 6) is 0.873. The lowest BCUT2D eigenvalue weighted by Gasteiger charge is -2.26. The van der Waals surface area contributed by atoms with Crippen molar-refractivity contribution in [1.82, 2.24) is 15.5 Å². The number of aliphatic imine (C=N–C) groups is 1. The van der Waals surface area contributed by atoms with Gasteiger partial charge in [-0.1, -0.05) is 18.2 Å². The summed E-state index contributed by atoms with van der Waals surface area (Å²) in [6.45, 7) is 7.53. The third kappa shape index (κ3) is 8.70. The van der Waals surface area contributed by atoms with Gasteiger partial charge < -0.3 is 20.7 Å². The van der Waals surface area contributed by atoms with Crippen LogP contribution in [0.25, 0.3) is 0 Å². The Labute approximate surface area is 162 Å². The quantitative estimate of drug-likeness (QED) is 0.245. The fourth-order valence-corrected chi connectivity index (χ4v) is 2.46. The maximum Gasteiger partial charge on any atom is 0.191 e. The van der Waals surface area contributed by atoms with Gasteiger partial charge in [-0.15, -0.1) is 24.0 Å². The molecule has 0 atom stereocenters. The molecular weight excluding hydrogens is 417 g/mol. The summed E-state index contributed by atoms with van der Waals surface area (Å²) in [5, 5.41) is 10.1. The van der Waals surface area contributed by atoms with E-state index in [0.717, 1.165) is 64.9 Å². The average molecular weight is 447 g/mol. The van der Waals surface area contributed by atoms with Crippen LogP contribution in [-0.4, -0.2) is 70.4 Å². The number of anilines is 1. The van der Waals surface area contributed by atoms with Crippen molar-refractivity contribution >= 4 is 35.6 Å². The topological polar surface area (TPSA) is 60.9 Å². The van der Waals surface area contributed by atoms with E-state index in [-0.39, 0.29) is 24.0 Å². The van der Waals surface area contributed by atoms with E-state index < -0.39 is 0 Å². The van der Waals surface area contributed by atoms with Crippen molar-refractivity contribution in [2.75, 3.05) is 64.8 Å². The third-order valence-electron chi connectivity index (χ3n) is 3.80. The summed E-state index contributed by atoms with van der Waals surface area (Å²) in [6, 6.07) is 10.3. The van der Waals surface area contributed by atoms with Gasteiger partial charge in [-0.25, -0.2) is 0 Å². The molecule has 1 heterocycles. The molecular formula is C17H30IN5O.